The van der Waals surface area contributed by atoms with Gasteiger partial charge in [-0.25, -0.2) is 14.8 Å². The van der Waals surface area contributed by atoms with Crippen molar-refractivity contribution in [1.82, 2.24) is 9.97 Å². The minimum Gasteiger partial charge on any atom is -0.423 e. The van der Waals surface area contributed by atoms with Gasteiger partial charge in [0.05, 0.1) is 5.56 Å². The molecule has 5 nitrogen and oxygen atoms in total. The van der Waals surface area contributed by atoms with E-state index in [1.165, 1.54) is 0 Å². The predicted molar refractivity (Wildman–Crippen MR) is 97.4 cm³/mol. The Balaban J connectivity index is 1.77. The fraction of sp³-hybridized carbons (Fsp3) is 0.150. The van der Waals surface area contributed by atoms with Crippen LogP contribution in [0.4, 0.5) is 11.6 Å². The fourth-order valence-corrected chi connectivity index (χ4v) is 2.51. The molecule has 0 fully saturated rings. The zero-order valence-corrected chi connectivity index (χ0v) is 14.4. The monoisotopic (exact) mass is 333 g/mol. The summed E-state index contributed by atoms with van der Waals surface area (Å²) >= 11 is 0. The summed E-state index contributed by atoms with van der Waals surface area (Å²) in [5.41, 5.74) is 3.96. The molecule has 0 amide bonds. The highest BCUT2D eigenvalue weighted by Gasteiger charge is 2.11. The smallest absolute Gasteiger partial charge is 0.343 e. The molecule has 0 aliphatic carbocycles. The van der Waals surface area contributed by atoms with E-state index >= 15 is 0 Å². The van der Waals surface area contributed by atoms with Gasteiger partial charge in [-0.1, -0.05) is 24.3 Å². The summed E-state index contributed by atoms with van der Waals surface area (Å²) in [5, 5.41) is 3.14. The van der Waals surface area contributed by atoms with Gasteiger partial charge in [-0.3, -0.25) is 0 Å². The number of aromatic nitrogens is 2. The molecular weight excluding hydrogens is 314 g/mol. The van der Waals surface area contributed by atoms with Crippen molar-refractivity contribution in [2.45, 2.75) is 20.8 Å². The third-order valence-corrected chi connectivity index (χ3v) is 3.65. The zero-order valence-electron chi connectivity index (χ0n) is 14.4. The van der Waals surface area contributed by atoms with Crippen molar-refractivity contribution in [2.24, 2.45) is 0 Å². The number of rotatable bonds is 4. The Bertz CT molecular complexity index is 902. The van der Waals surface area contributed by atoms with Gasteiger partial charge in [0.25, 0.3) is 0 Å². The highest BCUT2D eigenvalue weighted by molar-refractivity contribution is 5.92. The Kier molecular flexibility index (Phi) is 4.75. The van der Waals surface area contributed by atoms with Gasteiger partial charge in [-0.15, -0.1) is 0 Å². The molecule has 3 aromatic rings. The molecule has 1 aromatic heterocycles. The van der Waals surface area contributed by atoms with Crippen LogP contribution >= 0.6 is 0 Å². The second kappa shape index (κ2) is 7.13. The number of hydrogen-bond acceptors (Lipinski definition) is 5. The summed E-state index contributed by atoms with van der Waals surface area (Å²) in [4.78, 5) is 21.0. The molecule has 0 bridgehead atoms. The van der Waals surface area contributed by atoms with Crippen LogP contribution in [0.5, 0.6) is 5.75 Å². The number of anilines is 2. The van der Waals surface area contributed by atoms with Crippen LogP contribution < -0.4 is 10.1 Å². The summed E-state index contributed by atoms with van der Waals surface area (Å²) in [6, 6.07) is 16.4. The molecule has 0 unspecified atom stereocenters. The lowest BCUT2D eigenvalue weighted by Crippen LogP contribution is -2.10. The van der Waals surface area contributed by atoms with E-state index in [0.717, 1.165) is 22.6 Å². The average molecular weight is 333 g/mol. The number of benzene rings is 2. The third-order valence-electron chi connectivity index (χ3n) is 3.65. The minimum absolute atomic E-state index is 0.377. The standard InChI is InChI=1S/C20H19N3O2/c1-13-7-4-5-10-18(13)19(24)25-17-9-6-8-16(12-17)23-20-21-14(2)11-15(3)22-20/h4-12H,1-3H3,(H,21,22,23). The maximum absolute atomic E-state index is 12.3. The fourth-order valence-electron chi connectivity index (χ4n) is 2.51. The molecule has 126 valence electrons. The van der Waals surface area contributed by atoms with E-state index in [0.29, 0.717) is 17.3 Å². The molecule has 1 heterocycles. The van der Waals surface area contributed by atoms with Gasteiger partial charge in [0.1, 0.15) is 5.75 Å². The SMILES string of the molecule is Cc1cc(C)nc(Nc2cccc(OC(=O)c3ccccc3C)c2)n1. The third kappa shape index (κ3) is 4.20. The van der Waals surface area contributed by atoms with Crippen molar-refractivity contribution in [3.05, 3.63) is 77.1 Å². The van der Waals surface area contributed by atoms with Crippen molar-refractivity contribution in [2.75, 3.05) is 5.32 Å². The maximum Gasteiger partial charge on any atom is 0.343 e. The molecule has 0 radical (unpaired) electrons. The van der Waals surface area contributed by atoms with E-state index < -0.39 is 0 Å². The average Bonchev–Trinajstić information content (AvgIpc) is 2.54. The Labute approximate surface area is 146 Å². The summed E-state index contributed by atoms with van der Waals surface area (Å²) in [5.74, 6) is 0.598. The quantitative estimate of drug-likeness (QED) is 0.567. The lowest BCUT2D eigenvalue weighted by molar-refractivity contribution is 0.0734. The Morgan fingerprint density at radius 2 is 1.64 bits per heavy atom. The molecular formula is C20H19N3O2. The van der Waals surface area contributed by atoms with Gasteiger partial charge in [0.15, 0.2) is 0 Å². The highest BCUT2D eigenvalue weighted by atomic mass is 16.5. The highest BCUT2D eigenvalue weighted by Crippen LogP contribution is 2.21. The maximum atomic E-state index is 12.3. The minimum atomic E-state index is -0.377. The summed E-state index contributed by atoms with van der Waals surface area (Å²) in [6.45, 7) is 5.71. The molecule has 0 saturated heterocycles. The van der Waals surface area contributed by atoms with Gasteiger partial charge in [0.2, 0.25) is 5.95 Å². The van der Waals surface area contributed by atoms with E-state index in [-0.39, 0.29) is 5.97 Å². The van der Waals surface area contributed by atoms with E-state index in [9.17, 15) is 4.79 Å². The first-order chi connectivity index (χ1) is 12.0. The second-order valence-electron chi connectivity index (χ2n) is 5.83. The zero-order chi connectivity index (χ0) is 17.8. The number of carbonyl (C=O) groups excluding carboxylic acids is 1. The van der Waals surface area contributed by atoms with Gasteiger partial charge >= 0.3 is 5.97 Å². The van der Waals surface area contributed by atoms with Gasteiger partial charge in [0, 0.05) is 23.1 Å². The summed E-state index contributed by atoms with van der Waals surface area (Å²) in [6.07, 6.45) is 0. The number of aryl methyl sites for hydroxylation is 3. The largest absolute Gasteiger partial charge is 0.423 e. The van der Waals surface area contributed by atoms with Crippen molar-refractivity contribution in [3.63, 3.8) is 0 Å². The van der Waals surface area contributed by atoms with E-state index in [1.807, 2.05) is 57.2 Å². The van der Waals surface area contributed by atoms with Gasteiger partial charge < -0.3 is 10.1 Å². The number of nitrogens with one attached hydrogen (secondary N) is 1. The van der Waals surface area contributed by atoms with E-state index in [4.69, 9.17) is 4.74 Å². The number of hydrogen-bond donors (Lipinski definition) is 1. The van der Waals surface area contributed by atoms with Crippen LogP contribution in [-0.4, -0.2) is 15.9 Å². The van der Waals surface area contributed by atoms with Crippen LogP contribution in [0.2, 0.25) is 0 Å². The lowest BCUT2D eigenvalue weighted by Gasteiger charge is -2.10. The van der Waals surface area contributed by atoms with Crippen LogP contribution in [-0.2, 0) is 0 Å². The molecule has 0 spiro atoms. The Morgan fingerprint density at radius 1 is 0.920 bits per heavy atom. The molecule has 0 atom stereocenters. The van der Waals surface area contributed by atoms with Crippen molar-refractivity contribution in [1.29, 1.82) is 0 Å². The molecule has 2 aromatic carbocycles. The number of esters is 1. The van der Waals surface area contributed by atoms with Crippen LogP contribution in [0.3, 0.4) is 0 Å². The molecule has 0 saturated carbocycles. The molecule has 0 aliphatic rings. The van der Waals surface area contributed by atoms with Crippen molar-refractivity contribution < 1.29 is 9.53 Å². The van der Waals surface area contributed by atoms with E-state index in [1.54, 1.807) is 18.2 Å². The first-order valence-electron chi connectivity index (χ1n) is 7.98. The molecule has 3 rings (SSSR count). The van der Waals surface area contributed by atoms with Gasteiger partial charge in [-0.2, -0.15) is 0 Å². The summed E-state index contributed by atoms with van der Waals surface area (Å²) in [7, 11) is 0. The molecule has 5 heteroatoms. The first-order valence-corrected chi connectivity index (χ1v) is 7.98. The molecule has 25 heavy (non-hydrogen) atoms. The second-order valence-corrected chi connectivity index (χ2v) is 5.83. The van der Waals surface area contributed by atoms with Crippen LogP contribution in [0.15, 0.2) is 54.6 Å². The van der Waals surface area contributed by atoms with Crippen LogP contribution in [0.1, 0.15) is 27.3 Å². The number of carbonyl (C=O) groups is 1. The number of ether oxygens (including phenoxy) is 1. The normalized spacial score (nSPS) is 10.4. The first kappa shape index (κ1) is 16.6. The topological polar surface area (TPSA) is 64.1 Å². The number of nitrogens with zero attached hydrogens (tertiary/aromatic N) is 2. The van der Waals surface area contributed by atoms with Crippen molar-refractivity contribution in [3.8, 4) is 5.75 Å². The molecule has 0 aliphatic heterocycles. The molecule has 1 N–H and O–H groups in total. The lowest BCUT2D eigenvalue weighted by atomic mass is 10.1. The predicted octanol–water partition coefficient (Wildman–Crippen LogP) is 4.36. The van der Waals surface area contributed by atoms with Crippen molar-refractivity contribution >= 4 is 17.6 Å². The van der Waals surface area contributed by atoms with Gasteiger partial charge in [-0.05, 0) is 50.6 Å². The van der Waals surface area contributed by atoms with Crippen LogP contribution in [0, 0.1) is 20.8 Å². The Morgan fingerprint density at radius 3 is 2.36 bits per heavy atom. The van der Waals surface area contributed by atoms with E-state index in [2.05, 4.69) is 15.3 Å². The van der Waals surface area contributed by atoms with Crippen LogP contribution in [0.25, 0.3) is 0 Å². The summed E-state index contributed by atoms with van der Waals surface area (Å²) < 4.78 is 5.49. The Hall–Kier alpha value is -3.21.